The summed E-state index contributed by atoms with van der Waals surface area (Å²) in [4.78, 5) is 15.4. The molecular formula is C15H13NO3. The van der Waals surface area contributed by atoms with E-state index in [-0.39, 0.29) is 0 Å². The first-order valence-corrected chi connectivity index (χ1v) is 6.13. The van der Waals surface area contributed by atoms with Crippen molar-refractivity contribution in [2.75, 3.05) is 0 Å². The van der Waals surface area contributed by atoms with E-state index in [2.05, 4.69) is 4.98 Å². The van der Waals surface area contributed by atoms with Crippen LogP contribution in [0.4, 0.5) is 0 Å². The smallest absolute Gasteiger partial charge is 0.310 e. The van der Waals surface area contributed by atoms with Crippen LogP contribution in [0.3, 0.4) is 0 Å². The molecule has 1 unspecified atom stereocenters. The van der Waals surface area contributed by atoms with E-state index in [1.165, 1.54) is 0 Å². The molecule has 1 aromatic carbocycles. The van der Waals surface area contributed by atoms with Crippen LogP contribution in [0.2, 0.25) is 0 Å². The summed E-state index contributed by atoms with van der Waals surface area (Å²) < 4.78 is 5.81. The van der Waals surface area contributed by atoms with Gasteiger partial charge in [0.15, 0.2) is 0 Å². The van der Waals surface area contributed by atoms with Gasteiger partial charge in [-0.3, -0.25) is 4.79 Å². The van der Waals surface area contributed by atoms with Gasteiger partial charge in [0.1, 0.15) is 5.75 Å². The van der Waals surface area contributed by atoms with Crippen LogP contribution in [-0.2, 0) is 11.2 Å². The van der Waals surface area contributed by atoms with Crippen LogP contribution in [0.25, 0.3) is 0 Å². The van der Waals surface area contributed by atoms with Crippen LogP contribution in [0.5, 0.6) is 11.6 Å². The number of rotatable bonds is 2. The normalized spacial score (nSPS) is 13.9. The highest BCUT2D eigenvalue weighted by Gasteiger charge is 2.25. The third-order valence-electron chi connectivity index (χ3n) is 3.39. The molecule has 0 saturated carbocycles. The van der Waals surface area contributed by atoms with E-state index in [1.807, 2.05) is 24.3 Å². The van der Waals surface area contributed by atoms with Gasteiger partial charge in [0, 0.05) is 23.7 Å². The number of hydrogen-bond donors (Lipinski definition) is 1. The average Bonchev–Trinajstić information content (AvgIpc) is 2.43. The lowest BCUT2D eigenvalue weighted by molar-refractivity contribution is -0.138. The number of benzene rings is 1. The van der Waals surface area contributed by atoms with Crippen LogP contribution < -0.4 is 4.74 Å². The first-order valence-electron chi connectivity index (χ1n) is 6.13. The number of aliphatic carboxylic acids is 1. The lowest BCUT2D eigenvalue weighted by Gasteiger charge is -2.22. The fourth-order valence-electron chi connectivity index (χ4n) is 2.29. The van der Waals surface area contributed by atoms with Crippen molar-refractivity contribution < 1.29 is 14.6 Å². The second-order valence-electron chi connectivity index (χ2n) is 4.64. The molecule has 2 aromatic rings. The standard InChI is InChI=1S/C15H13NO3/c1-9(15(17)18)12-6-2-4-10-8-11-5-3-7-16-14(11)19-13(10)12/h2-7,9H,8H2,1H3,(H,17,18). The molecule has 4 heteroatoms. The molecule has 0 saturated heterocycles. The van der Waals surface area contributed by atoms with Crippen molar-refractivity contribution >= 4 is 5.97 Å². The Hall–Kier alpha value is -2.36. The van der Waals surface area contributed by atoms with Crippen LogP contribution in [0.1, 0.15) is 29.5 Å². The maximum absolute atomic E-state index is 11.2. The van der Waals surface area contributed by atoms with E-state index in [0.29, 0.717) is 17.2 Å². The van der Waals surface area contributed by atoms with Crippen LogP contribution in [0, 0.1) is 0 Å². The molecule has 0 bridgehead atoms. The van der Waals surface area contributed by atoms with Gasteiger partial charge in [-0.2, -0.15) is 0 Å². The summed E-state index contributed by atoms with van der Waals surface area (Å²) in [6.07, 6.45) is 2.39. The predicted molar refractivity (Wildman–Crippen MR) is 69.6 cm³/mol. The second kappa shape index (κ2) is 4.39. The Balaban J connectivity index is 2.08. The van der Waals surface area contributed by atoms with E-state index < -0.39 is 11.9 Å². The molecule has 0 aliphatic carbocycles. The van der Waals surface area contributed by atoms with E-state index in [9.17, 15) is 4.79 Å². The van der Waals surface area contributed by atoms with Gasteiger partial charge in [-0.05, 0) is 18.6 Å². The zero-order valence-electron chi connectivity index (χ0n) is 10.5. The highest BCUT2D eigenvalue weighted by Crippen LogP contribution is 2.39. The van der Waals surface area contributed by atoms with Crippen molar-refractivity contribution in [1.29, 1.82) is 0 Å². The van der Waals surface area contributed by atoms with Gasteiger partial charge in [-0.1, -0.05) is 24.3 Å². The van der Waals surface area contributed by atoms with Gasteiger partial charge >= 0.3 is 5.97 Å². The monoisotopic (exact) mass is 255 g/mol. The molecule has 3 rings (SSSR count). The number of carboxylic acid groups (broad SMARTS) is 1. The minimum atomic E-state index is -0.858. The summed E-state index contributed by atoms with van der Waals surface area (Å²) in [6.45, 7) is 1.66. The van der Waals surface area contributed by atoms with Crippen molar-refractivity contribution in [2.45, 2.75) is 19.3 Å². The molecule has 96 valence electrons. The first kappa shape index (κ1) is 11.7. The molecule has 0 amide bonds. The molecule has 0 radical (unpaired) electrons. The number of carbonyl (C=O) groups is 1. The SMILES string of the molecule is CC(C(=O)O)c1cccc2c1Oc1ncccc1C2. The van der Waals surface area contributed by atoms with Crippen molar-refractivity contribution in [3.63, 3.8) is 0 Å². The van der Waals surface area contributed by atoms with Gasteiger partial charge in [-0.25, -0.2) is 4.98 Å². The van der Waals surface area contributed by atoms with Gasteiger partial charge in [0.2, 0.25) is 5.88 Å². The molecule has 1 N–H and O–H groups in total. The van der Waals surface area contributed by atoms with Gasteiger partial charge in [-0.15, -0.1) is 0 Å². The third-order valence-corrected chi connectivity index (χ3v) is 3.39. The molecular weight excluding hydrogens is 242 g/mol. The third kappa shape index (κ3) is 1.95. The molecule has 0 spiro atoms. The molecule has 4 nitrogen and oxygen atoms in total. The Morgan fingerprint density at radius 1 is 1.32 bits per heavy atom. The van der Waals surface area contributed by atoms with Gasteiger partial charge in [0.25, 0.3) is 0 Å². The number of ether oxygens (including phenoxy) is 1. The lowest BCUT2D eigenvalue weighted by Crippen LogP contribution is -2.12. The fourth-order valence-corrected chi connectivity index (χ4v) is 2.29. The van der Waals surface area contributed by atoms with E-state index in [4.69, 9.17) is 9.84 Å². The van der Waals surface area contributed by atoms with Crippen LogP contribution in [0.15, 0.2) is 36.5 Å². The number of aromatic nitrogens is 1. The first-order chi connectivity index (χ1) is 9.16. The van der Waals surface area contributed by atoms with Crippen LogP contribution in [-0.4, -0.2) is 16.1 Å². The van der Waals surface area contributed by atoms with Crippen molar-refractivity contribution in [3.8, 4) is 11.6 Å². The zero-order chi connectivity index (χ0) is 13.4. The van der Waals surface area contributed by atoms with Gasteiger partial charge in [0.05, 0.1) is 5.92 Å². The fraction of sp³-hybridized carbons (Fsp3) is 0.200. The summed E-state index contributed by atoms with van der Waals surface area (Å²) in [6, 6.07) is 9.47. The number of fused-ring (bicyclic) bond motifs is 2. The Morgan fingerprint density at radius 2 is 2.11 bits per heavy atom. The highest BCUT2D eigenvalue weighted by molar-refractivity contribution is 5.77. The Morgan fingerprint density at radius 3 is 2.89 bits per heavy atom. The zero-order valence-corrected chi connectivity index (χ0v) is 10.5. The Bertz CT molecular complexity index is 652. The second-order valence-corrected chi connectivity index (χ2v) is 4.64. The molecule has 0 fully saturated rings. The summed E-state index contributed by atoms with van der Waals surface area (Å²) in [5.41, 5.74) is 2.72. The number of hydrogen-bond acceptors (Lipinski definition) is 3. The predicted octanol–water partition coefficient (Wildman–Crippen LogP) is 2.97. The summed E-state index contributed by atoms with van der Waals surface area (Å²) in [5, 5.41) is 9.16. The molecule has 1 aromatic heterocycles. The average molecular weight is 255 g/mol. The number of pyridine rings is 1. The summed E-state index contributed by atoms with van der Waals surface area (Å²) in [5.74, 6) is -0.243. The topological polar surface area (TPSA) is 59.4 Å². The molecule has 1 aliphatic heterocycles. The van der Waals surface area contributed by atoms with E-state index >= 15 is 0 Å². The number of nitrogens with zero attached hydrogens (tertiary/aromatic N) is 1. The highest BCUT2D eigenvalue weighted by atomic mass is 16.5. The molecule has 1 aliphatic rings. The molecule has 1 atom stereocenters. The summed E-state index contributed by atoms with van der Waals surface area (Å²) in [7, 11) is 0. The quantitative estimate of drug-likeness (QED) is 0.764. The maximum Gasteiger partial charge on any atom is 0.310 e. The van der Waals surface area contributed by atoms with E-state index in [0.717, 1.165) is 17.5 Å². The Kier molecular flexibility index (Phi) is 2.71. The largest absolute Gasteiger partial charge is 0.481 e. The minimum absolute atomic E-state index is 0.569. The number of carboxylic acids is 1. The Labute approximate surface area is 110 Å². The minimum Gasteiger partial charge on any atom is -0.481 e. The van der Waals surface area contributed by atoms with Crippen LogP contribution >= 0.6 is 0 Å². The number of para-hydroxylation sites is 1. The molecule has 2 heterocycles. The van der Waals surface area contributed by atoms with E-state index in [1.54, 1.807) is 19.2 Å². The van der Waals surface area contributed by atoms with Crippen molar-refractivity contribution in [3.05, 3.63) is 53.2 Å². The van der Waals surface area contributed by atoms with Gasteiger partial charge < -0.3 is 9.84 Å². The summed E-state index contributed by atoms with van der Waals surface area (Å²) >= 11 is 0. The lowest BCUT2D eigenvalue weighted by atomic mass is 9.93. The van der Waals surface area contributed by atoms with Crippen molar-refractivity contribution in [1.82, 2.24) is 4.98 Å². The molecule has 19 heavy (non-hydrogen) atoms. The van der Waals surface area contributed by atoms with Crippen molar-refractivity contribution in [2.24, 2.45) is 0 Å². The maximum atomic E-state index is 11.2.